The Kier molecular flexibility index (Phi) is 7.30. The second-order valence-electron chi connectivity index (χ2n) is 8.38. The van der Waals surface area contributed by atoms with Crippen molar-refractivity contribution in [1.82, 2.24) is 19.9 Å². The van der Waals surface area contributed by atoms with E-state index in [0.717, 1.165) is 18.5 Å². The van der Waals surface area contributed by atoms with Gasteiger partial charge in [-0.3, -0.25) is 4.98 Å². The van der Waals surface area contributed by atoms with Crippen molar-refractivity contribution in [2.45, 2.75) is 85.1 Å². The molecule has 1 fully saturated rings. The number of carbonyl (C=O) groups excluding carboxylic acids is 1. The van der Waals surface area contributed by atoms with Crippen molar-refractivity contribution in [2.75, 3.05) is 0 Å². The molecule has 2 aromatic rings. The predicted octanol–water partition coefficient (Wildman–Crippen LogP) is 4.84. The molecule has 1 aliphatic rings. The molecule has 0 N–H and O–H groups in total. The Morgan fingerprint density at radius 1 is 1.16 bits per heavy atom. The molecule has 3 atom stereocenters. The van der Waals surface area contributed by atoms with Gasteiger partial charge in [0.2, 0.25) is 11.8 Å². The minimum Gasteiger partial charge on any atom is -0.474 e. The third kappa shape index (κ3) is 5.62. The zero-order chi connectivity index (χ0) is 22.5. The Hall–Kier alpha value is -2.90. The number of amides is 1. The van der Waals surface area contributed by atoms with Crippen LogP contribution in [0.5, 0.6) is 17.5 Å². The van der Waals surface area contributed by atoms with Gasteiger partial charge in [-0.05, 0) is 66.5 Å². The molecule has 0 bridgehead atoms. The van der Waals surface area contributed by atoms with E-state index in [-0.39, 0.29) is 30.4 Å². The maximum absolute atomic E-state index is 12.5. The lowest BCUT2D eigenvalue weighted by molar-refractivity contribution is 0.0556. The second kappa shape index (κ2) is 9.94. The van der Waals surface area contributed by atoms with Crippen LogP contribution in [0.4, 0.5) is 4.79 Å². The fourth-order valence-electron chi connectivity index (χ4n) is 3.84. The van der Waals surface area contributed by atoms with Crippen molar-refractivity contribution >= 4 is 6.09 Å². The van der Waals surface area contributed by atoms with Crippen LogP contribution in [0.3, 0.4) is 0 Å². The highest BCUT2D eigenvalue weighted by atomic mass is 16.6. The lowest BCUT2D eigenvalue weighted by Gasteiger charge is -2.30. The van der Waals surface area contributed by atoms with E-state index in [9.17, 15) is 4.79 Å². The first-order valence-electron chi connectivity index (χ1n) is 10.8. The summed E-state index contributed by atoms with van der Waals surface area (Å²) >= 11 is 0. The molecular weight excluding hydrogens is 396 g/mol. The molecule has 3 rings (SSSR count). The summed E-state index contributed by atoms with van der Waals surface area (Å²) in [6, 6.07) is 3.90. The quantitative estimate of drug-likeness (QED) is 0.624. The Labute approximate surface area is 184 Å². The monoisotopic (exact) mass is 428 g/mol. The predicted molar refractivity (Wildman–Crippen MR) is 116 cm³/mol. The van der Waals surface area contributed by atoms with Crippen LogP contribution < -0.4 is 9.47 Å². The van der Waals surface area contributed by atoms with Crippen LogP contribution in [0.2, 0.25) is 0 Å². The van der Waals surface area contributed by atoms with E-state index in [1.807, 2.05) is 51.7 Å². The van der Waals surface area contributed by atoms with Gasteiger partial charge in [-0.25, -0.2) is 14.8 Å². The van der Waals surface area contributed by atoms with E-state index >= 15 is 0 Å². The van der Waals surface area contributed by atoms with Gasteiger partial charge in [-0.1, -0.05) is 0 Å². The number of hydrogen-bond acceptors (Lipinski definition) is 7. The number of nitrogens with zero attached hydrogens (tertiary/aromatic N) is 4. The van der Waals surface area contributed by atoms with Gasteiger partial charge >= 0.3 is 6.09 Å². The van der Waals surface area contributed by atoms with Crippen LogP contribution in [-0.4, -0.2) is 50.2 Å². The summed E-state index contributed by atoms with van der Waals surface area (Å²) in [6.45, 7) is 11.5. The largest absolute Gasteiger partial charge is 0.474 e. The van der Waals surface area contributed by atoms with Gasteiger partial charge in [0.05, 0.1) is 23.5 Å². The van der Waals surface area contributed by atoms with Crippen LogP contribution in [0.15, 0.2) is 24.7 Å². The van der Waals surface area contributed by atoms with Gasteiger partial charge in [0.25, 0.3) is 0 Å². The standard InChI is InChI=1S/C23H32N4O4/c1-14(2)29-23(28)27-15(3)9-10-19(27)12-16(4)30-21-17(5)22(26-13-25-21)31-20-8-7-11-24-18(20)6/h7-8,11,13-16,19H,9-10,12H2,1-6H3/t15?,16-,19?/m0/s1. The molecule has 0 spiro atoms. The molecule has 0 aliphatic carbocycles. The van der Waals surface area contributed by atoms with E-state index in [2.05, 4.69) is 21.9 Å². The van der Waals surface area contributed by atoms with Crippen LogP contribution in [0, 0.1) is 13.8 Å². The molecular formula is C23H32N4O4. The minimum atomic E-state index is -0.252. The third-order valence-electron chi connectivity index (χ3n) is 5.41. The van der Waals surface area contributed by atoms with Crippen molar-refractivity contribution in [3.05, 3.63) is 35.9 Å². The van der Waals surface area contributed by atoms with Crippen LogP contribution in [0.25, 0.3) is 0 Å². The van der Waals surface area contributed by atoms with Crippen molar-refractivity contribution in [1.29, 1.82) is 0 Å². The van der Waals surface area contributed by atoms with Gasteiger partial charge in [0, 0.05) is 24.7 Å². The topological polar surface area (TPSA) is 86.7 Å². The van der Waals surface area contributed by atoms with Crippen molar-refractivity contribution in [3.63, 3.8) is 0 Å². The van der Waals surface area contributed by atoms with E-state index < -0.39 is 0 Å². The highest BCUT2D eigenvalue weighted by Gasteiger charge is 2.36. The molecule has 0 saturated carbocycles. The average molecular weight is 429 g/mol. The molecule has 1 amide bonds. The number of pyridine rings is 1. The first kappa shape index (κ1) is 22.8. The van der Waals surface area contributed by atoms with Crippen LogP contribution in [-0.2, 0) is 4.74 Å². The molecule has 31 heavy (non-hydrogen) atoms. The van der Waals surface area contributed by atoms with E-state index in [4.69, 9.17) is 14.2 Å². The fourth-order valence-corrected chi connectivity index (χ4v) is 3.84. The van der Waals surface area contributed by atoms with Crippen LogP contribution in [0.1, 0.15) is 58.2 Å². The SMILES string of the molecule is Cc1ncccc1Oc1ncnc(O[C@@H](C)CC2CCC(C)N2C(=O)OC(C)C)c1C. The number of likely N-dealkylation sites (tertiary alicyclic amines) is 1. The van der Waals surface area contributed by atoms with Gasteiger partial charge in [0.15, 0.2) is 5.75 Å². The first-order valence-corrected chi connectivity index (χ1v) is 10.8. The Balaban J connectivity index is 1.67. The Bertz CT molecular complexity index is 905. The Morgan fingerprint density at radius 3 is 2.61 bits per heavy atom. The second-order valence-corrected chi connectivity index (χ2v) is 8.38. The highest BCUT2D eigenvalue weighted by molar-refractivity contribution is 5.69. The maximum Gasteiger partial charge on any atom is 0.410 e. The summed E-state index contributed by atoms with van der Waals surface area (Å²) in [5.74, 6) is 1.55. The molecule has 8 nitrogen and oxygen atoms in total. The average Bonchev–Trinajstić information content (AvgIpc) is 3.06. The normalized spacial score (nSPS) is 19.4. The number of aromatic nitrogens is 3. The van der Waals surface area contributed by atoms with Gasteiger partial charge < -0.3 is 19.1 Å². The summed E-state index contributed by atoms with van der Waals surface area (Å²) in [5.41, 5.74) is 1.49. The molecule has 2 unspecified atom stereocenters. The van der Waals surface area contributed by atoms with Crippen LogP contribution >= 0.6 is 0 Å². The van der Waals surface area contributed by atoms with Gasteiger partial charge in [0.1, 0.15) is 6.33 Å². The summed E-state index contributed by atoms with van der Waals surface area (Å²) in [7, 11) is 0. The molecule has 1 saturated heterocycles. The Morgan fingerprint density at radius 2 is 1.90 bits per heavy atom. The number of ether oxygens (including phenoxy) is 3. The van der Waals surface area contributed by atoms with E-state index in [1.165, 1.54) is 6.33 Å². The minimum absolute atomic E-state index is 0.0761. The lowest BCUT2D eigenvalue weighted by Crippen LogP contribution is -2.42. The van der Waals surface area contributed by atoms with Crippen molar-refractivity contribution in [3.8, 4) is 17.5 Å². The smallest absolute Gasteiger partial charge is 0.410 e. The van der Waals surface area contributed by atoms with Gasteiger partial charge in [-0.15, -0.1) is 0 Å². The molecule has 3 heterocycles. The summed E-state index contributed by atoms with van der Waals surface area (Å²) in [5, 5.41) is 0. The van der Waals surface area contributed by atoms with E-state index in [0.29, 0.717) is 29.5 Å². The molecule has 0 aromatic carbocycles. The number of aryl methyl sites for hydroxylation is 1. The summed E-state index contributed by atoms with van der Waals surface area (Å²) < 4.78 is 17.5. The third-order valence-corrected chi connectivity index (χ3v) is 5.41. The van der Waals surface area contributed by atoms with E-state index in [1.54, 1.807) is 6.20 Å². The molecule has 0 radical (unpaired) electrons. The summed E-state index contributed by atoms with van der Waals surface area (Å²) in [6.07, 6.45) is 5.19. The number of carbonyl (C=O) groups is 1. The zero-order valence-corrected chi connectivity index (χ0v) is 19.2. The molecule has 2 aromatic heterocycles. The molecule has 1 aliphatic heterocycles. The lowest BCUT2D eigenvalue weighted by atomic mass is 10.1. The molecule has 8 heteroatoms. The molecule has 168 valence electrons. The van der Waals surface area contributed by atoms with Gasteiger partial charge in [-0.2, -0.15) is 0 Å². The summed E-state index contributed by atoms with van der Waals surface area (Å²) in [4.78, 5) is 27.2. The van der Waals surface area contributed by atoms with Crippen molar-refractivity contribution < 1.29 is 19.0 Å². The maximum atomic E-state index is 12.5. The number of hydrogen-bond donors (Lipinski definition) is 0. The fraction of sp³-hybridized carbons (Fsp3) is 0.565. The van der Waals surface area contributed by atoms with Crippen molar-refractivity contribution in [2.24, 2.45) is 0 Å². The highest BCUT2D eigenvalue weighted by Crippen LogP contribution is 2.31. The first-order chi connectivity index (χ1) is 14.8. The zero-order valence-electron chi connectivity index (χ0n) is 19.2. The number of rotatable bonds is 7.